The van der Waals surface area contributed by atoms with Gasteiger partial charge < -0.3 is 10.2 Å². The van der Waals surface area contributed by atoms with Gasteiger partial charge in [-0.05, 0) is 55.0 Å². The van der Waals surface area contributed by atoms with Crippen LogP contribution in [0.2, 0.25) is 0 Å². The first-order valence-corrected chi connectivity index (χ1v) is 8.56. The Morgan fingerprint density at radius 1 is 0.963 bits per heavy atom. The molecule has 2 heterocycles. The lowest BCUT2D eigenvalue weighted by atomic mass is 10.2. The highest BCUT2D eigenvalue weighted by Gasteiger charge is 2.14. The highest BCUT2D eigenvalue weighted by atomic mass is 19.1. The zero-order chi connectivity index (χ0) is 18.8. The van der Waals surface area contributed by atoms with Crippen LogP contribution in [-0.4, -0.2) is 22.0 Å². The Kier molecular flexibility index (Phi) is 4.38. The van der Waals surface area contributed by atoms with Gasteiger partial charge >= 0.3 is 0 Å². The number of anilines is 4. The maximum atomic E-state index is 13.4. The van der Waals surface area contributed by atoms with Crippen molar-refractivity contribution in [1.82, 2.24) is 15.0 Å². The number of hydrogen-bond acceptors (Lipinski definition) is 5. The van der Waals surface area contributed by atoms with Crippen molar-refractivity contribution in [3.63, 3.8) is 0 Å². The van der Waals surface area contributed by atoms with Crippen molar-refractivity contribution < 1.29 is 4.39 Å². The Balaban J connectivity index is 1.81. The molecule has 2 aromatic heterocycles. The van der Waals surface area contributed by atoms with Gasteiger partial charge in [0, 0.05) is 24.6 Å². The summed E-state index contributed by atoms with van der Waals surface area (Å²) in [6.07, 6.45) is 1.70. The average Bonchev–Trinajstić information content (AvgIpc) is 2.69. The number of nitrogens with zero attached hydrogens (tertiary/aromatic N) is 4. The van der Waals surface area contributed by atoms with Gasteiger partial charge in [-0.15, -0.1) is 0 Å². The summed E-state index contributed by atoms with van der Waals surface area (Å²) < 4.78 is 13.4. The third kappa shape index (κ3) is 3.42. The molecular formula is C21H18FN5. The van der Waals surface area contributed by atoms with Gasteiger partial charge in [0.05, 0.1) is 5.39 Å². The van der Waals surface area contributed by atoms with E-state index in [1.165, 1.54) is 12.1 Å². The normalized spacial score (nSPS) is 10.8. The zero-order valence-electron chi connectivity index (χ0n) is 15.0. The number of aromatic nitrogens is 3. The van der Waals surface area contributed by atoms with Crippen molar-refractivity contribution in [2.24, 2.45) is 0 Å². The van der Waals surface area contributed by atoms with Crippen LogP contribution < -0.4 is 10.2 Å². The number of para-hydroxylation sites is 1. The van der Waals surface area contributed by atoms with Crippen molar-refractivity contribution in [3.05, 3.63) is 78.2 Å². The lowest BCUT2D eigenvalue weighted by Crippen LogP contribution is -2.13. The fourth-order valence-electron chi connectivity index (χ4n) is 2.92. The van der Waals surface area contributed by atoms with E-state index in [0.717, 1.165) is 28.1 Å². The van der Waals surface area contributed by atoms with Crippen molar-refractivity contribution in [2.75, 3.05) is 17.3 Å². The molecule has 0 spiro atoms. The molecule has 6 heteroatoms. The molecule has 0 amide bonds. The third-order valence-corrected chi connectivity index (χ3v) is 4.35. The summed E-state index contributed by atoms with van der Waals surface area (Å²) in [5.41, 5.74) is 3.12. The van der Waals surface area contributed by atoms with E-state index in [2.05, 4.69) is 15.3 Å². The Morgan fingerprint density at radius 2 is 1.78 bits per heavy atom. The molecule has 0 aliphatic rings. The quantitative estimate of drug-likeness (QED) is 0.557. The highest BCUT2D eigenvalue weighted by Crippen LogP contribution is 2.30. The van der Waals surface area contributed by atoms with Gasteiger partial charge in [0.15, 0.2) is 5.65 Å². The number of hydrogen-bond donors (Lipinski definition) is 1. The van der Waals surface area contributed by atoms with Crippen molar-refractivity contribution in [2.45, 2.75) is 6.92 Å². The Morgan fingerprint density at radius 3 is 2.56 bits per heavy atom. The monoisotopic (exact) mass is 359 g/mol. The molecule has 0 saturated carbocycles. The maximum Gasteiger partial charge on any atom is 0.231 e. The van der Waals surface area contributed by atoms with E-state index in [0.29, 0.717) is 11.6 Å². The number of aryl methyl sites for hydroxylation is 1. The molecule has 0 saturated heterocycles. The topological polar surface area (TPSA) is 53.9 Å². The molecule has 27 heavy (non-hydrogen) atoms. The van der Waals surface area contributed by atoms with Gasteiger partial charge in [-0.25, -0.2) is 9.37 Å². The molecule has 0 unspecified atom stereocenters. The van der Waals surface area contributed by atoms with Crippen LogP contribution in [0.1, 0.15) is 5.56 Å². The van der Waals surface area contributed by atoms with Crippen molar-refractivity contribution >= 4 is 34.2 Å². The summed E-state index contributed by atoms with van der Waals surface area (Å²) in [7, 11) is 1.96. The first-order chi connectivity index (χ1) is 13.1. The predicted octanol–water partition coefficient (Wildman–Crippen LogP) is 4.98. The van der Waals surface area contributed by atoms with Crippen LogP contribution in [-0.2, 0) is 0 Å². The maximum absolute atomic E-state index is 13.4. The smallest absolute Gasteiger partial charge is 0.231 e. The summed E-state index contributed by atoms with van der Waals surface area (Å²) in [5.74, 6) is 0.874. The van der Waals surface area contributed by atoms with E-state index < -0.39 is 0 Å². The van der Waals surface area contributed by atoms with E-state index in [1.807, 2.05) is 61.3 Å². The minimum atomic E-state index is -0.274. The van der Waals surface area contributed by atoms with Crippen molar-refractivity contribution in [1.29, 1.82) is 0 Å². The van der Waals surface area contributed by atoms with E-state index in [-0.39, 0.29) is 5.82 Å². The lowest BCUT2D eigenvalue weighted by Gasteiger charge is -2.20. The van der Waals surface area contributed by atoms with E-state index in [4.69, 9.17) is 4.98 Å². The minimum Gasteiger partial charge on any atom is -0.329 e. The summed E-state index contributed by atoms with van der Waals surface area (Å²) in [5, 5.41) is 4.03. The van der Waals surface area contributed by atoms with Crippen LogP contribution in [0.5, 0.6) is 0 Å². The van der Waals surface area contributed by atoms with Gasteiger partial charge in [-0.3, -0.25) is 0 Å². The second-order valence-electron chi connectivity index (χ2n) is 6.22. The van der Waals surface area contributed by atoms with Crippen LogP contribution in [0.25, 0.3) is 11.0 Å². The molecule has 5 nitrogen and oxygen atoms in total. The summed E-state index contributed by atoms with van der Waals surface area (Å²) in [4.78, 5) is 15.6. The summed E-state index contributed by atoms with van der Waals surface area (Å²) in [6, 6.07) is 18.3. The Bertz CT molecular complexity index is 1100. The van der Waals surface area contributed by atoms with Crippen molar-refractivity contribution in [3.8, 4) is 0 Å². The molecule has 0 aliphatic carbocycles. The largest absolute Gasteiger partial charge is 0.329 e. The molecule has 134 valence electrons. The third-order valence-electron chi connectivity index (χ3n) is 4.35. The SMILES string of the molecule is Cc1cc(F)ccc1Nc1nc(N(C)c2ccccc2)c2cccnc2n1. The molecule has 1 N–H and O–H groups in total. The van der Waals surface area contributed by atoms with Gasteiger partial charge in [0.2, 0.25) is 5.95 Å². The molecule has 0 atom stereocenters. The van der Waals surface area contributed by atoms with Crippen LogP contribution in [0, 0.1) is 12.7 Å². The zero-order valence-corrected chi connectivity index (χ0v) is 15.0. The van der Waals surface area contributed by atoms with Crippen LogP contribution >= 0.6 is 0 Å². The van der Waals surface area contributed by atoms with E-state index in [1.54, 1.807) is 12.3 Å². The number of rotatable bonds is 4. The highest BCUT2D eigenvalue weighted by molar-refractivity contribution is 5.90. The van der Waals surface area contributed by atoms with Crippen LogP contribution in [0.4, 0.5) is 27.5 Å². The minimum absolute atomic E-state index is 0.274. The number of nitrogens with one attached hydrogen (secondary N) is 1. The first kappa shape index (κ1) is 16.9. The fraction of sp³-hybridized carbons (Fsp3) is 0.0952. The average molecular weight is 359 g/mol. The number of pyridine rings is 1. The molecule has 2 aromatic carbocycles. The Hall–Kier alpha value is -3.54. The van der Waals surface area contributed by atoms with E-state index in [9.17, 15) is 4.39 Å². The second kappa shape index (κ2) is 6.99. The first-order valence-electron chi connectivity index (χ1n) is 8.56. The Labute approximate surface area is 156 Å². The molecule has 0 aliphatic heterocycles. The lowest BCUT2D eigenvalue weighted by molar-refractivity contribution is 0.627. The molecule has 4 aromatic rings. The summed E-state index contributed by atoms with van der Waals surface area (Å²) >= 11 is 0. The van der Waals surface area contributed by atoms with Gasteiger partial charge in [0.1, 0.15) is 11.6 Å². The van der Waals surface area contributed by atoms with Gasteiger partial charge in [-0.1, -0.05) is 18.2 Å². The van der Waals surface area contributed by atoms with Crippen LogP contribution in [0.3, 0.4) is 0 Å². The number of benzene rings is 2. The molecule has 4 rings (SSSR count). The van der Waals surface area contributed by atoms with Gasteiger partial charge in [0.25, 0.3) is 0 Å². The standard InChI is InChI=1S/C21H18FN5/c1-14-13-15(22)10-11-18(14)24-21-25-19-17(9-6-12-23-19)20(26-21)27(2)16-7-4-3-5-8-16/h3-13H,1-2H3,(H,23,24,25,26). The summed E-state index contributed by atoms with van der Waals surface area (Å²) in [6.45, 7) is 1.84. The molecular weight excluding hydrogens is 341 g/mol. The fourth-order valence-corrected chi connectivity index (χ4v) is 2.92. The predicted molar refractivity (Wildman–Crippen MR) is 106 cm³/mol. The second-order valence-corrected chi connectivity index (χ2v) is 6.22. The van der Waals surface area contributed by atoms with Gasteiger partial charge in [-0.2, -0.15) is 9.97 Å². The van der Waals surface area contributed by atoms with Crippen LogP contribution in [0.15, 0.2) is 66.9 Å². The molecule has 0 fully saturated rings. The number of fused-ring (bicyclic) bond motifs is 1. The number of halogens is 1. The molecule has 0 radical (unpaired) electrons. The van der Waals surface area contributed by atoms with E-state index >= 15 is 0 Å². The molecule has 0 bridgehead atoms.